The molecule has 0 unspecified atom stereocenters. The second-order valence-electron chi connectivity index (χ2n) is 3.90. The number of hydrogen-bond acceptors (Lipinski definition) is 4. The highest BCUT2D eigenvalue weighted by molar-refractivity contribution is 6.33. The van der Waals surface area contributed by atoms with E-state index in [2.05, 4.69) is 4.74 Å². The van der Waals surface area contributed by atoms with Crippen LogP contribution in [0.15, 0.2) is 36.4 Å². The summed E-state index contributed by atoms with van der Waals surface area (Å²) in [5, 5.41) is 0.599. The zero-order chi connectivity index (χ0) is 14.7. The molecule has 104 valence electrons. The second-order valence-corrected chi connectivity index (χ2v) is 4.72. The van der Waals surface area contributed by atoms with Crippen molar-refractivity contribution in [2.24, 2.45) is 0 Å². The first-order chi connectivity index (χ1) is 9.52. The maximum atomic E-state index is 11.8. The molecule has 0 saturated carbocycles. The fourth-order valence-electron chi connectivity index (χ4n) is 1.62. The Hall–Kier alpha value is -1.91. The normalized spacial score (nSPS) is 10.2. The van der Waals surface area contributed by atoms with Crippen molar-refractivity contribution in [3.8, 4) is 11.5 Å². The number of anilines is 1. The van der Waals surface area contributed by atoms with Gasteiger partial charge in [0.1, 0.15) is 11.3 Å². The lowest BCUT2D eigenvalue weighted by Gasteiger charge is -2.13. The average molecular weight is 312 g/mol. The Morgan fingerprint density at radius 1 is 1.15 bits per heavy atom. The van der Waals surface area contributed by atoms with Crippen LogP contribution in [0.3, 0.4) is 0 Å². The third-order valence-electron chi connectivity index (χ3n) is 2.52. The van der Waals surface area contributed by atoms with E-state index in [9.17, 15) is 4.79 Å². The highest BCUT2D eigenvalue weighted by Crippen LogP contribution is 2.37. The Labute approximate surface area is 126 Å². The quantitative estimate of drug-likeness (QED) is 0.683. The van der Waals surface area contributed by atoms with Crippen LogP contribution in [0.5, 0.6) is 11.5 Å². The predicted molar refractivity (Wildman–Crippen MR) is 78.7 cm³/mol. The van der Waals surface area contributed by atoms with Crippen molar-refractivity contribution in [3.05, 3.63) is 52.0 Å². The zero-order valence-electron chi connectivity index (χ0n) is 10.5. The Bertz CT molecular complexity index is 659. The van der Waals surface area contributed by atoms with Crippen molar-refractivity contribution in [2.45, 2.75) is 0 Å². The van der Waals surface area contributed by atoms with Crippen LogP contribution in [-0.2, 0) is 4.74 Å². The Balaban J connectivity index is 2.50. The van der Waals surface area contributed by atoms with Gasteiger partial charge < -0.3 is 15.2 Å². The molecule has 0 spiro atoms. The number of nitrogen functional groups attached to an aromatic ring is 1. The number of halogens is 2. The number of benzene rings is 2. The third-order valence-corrected chi connectivity index (χ3v) is 3.11. The minimum absolute atomic E-state index is 0.136. The lowest BCUT2D eigenvalue weighted by molar-refractivity contribution is 0.0598. The smallest absolute Gasteiger partial charge is 0.341 e. The molecule has 0 heterocycles. The Morgan fingerprint density at radius 3 is 2.50 bits per heavy atom. The molecule has 2 N–H and O–H groups in total. The van der Waals surface area contributed by atoms with Crippen LogP contribution >= 0.6 is 23.2 Å². The molecule has 0 aromatic heterocycles. The molecule has 20 heavy (non-hydrogen) atoms. The minimum Gasteiger partial charge on any atom is -0.465 e. The van der Waals surface area contributed by atoms with Crippen molar-refractivity contribution in [3.63, 3.8) is 0 Å². The first-order valence-corrected chi connectivity index (χ1v) is 6.38. The summed E-state index contributed by atoms with van der Waals surface area (Å²) in [5.41, 5.74) is 6.14. The van der Waals surface area contributed by atoms with Gasteiger partial charge in [-0.15, -0.1) is 0 Å². The van der Waals surface area contributed by atoms with E-state index < -0.39 is 5.97 Å². The number of nitrogens with two attached hydrogens (primary N) is 1. The Morgan fingerprint density at radius 2 is 1.85 bits per heavy atom. The van der Waals surface area contributed by atoms with Crippen LogP contribution in [0, 0.1) is 0 Å². The molecule has 0 amide bonds. The van der Waals surface area contributed by atoms with Crippen molar-refractivity contribution >= 4 is 34.9 Å². The molecule has 0 bridgehead atoms. The van der Waals surface area contributed by atoms with Gasteiger partial charge in [0.05, 0.1) is 17.2 Å². The van der Waals surface area contributed by atoms with Crippen molar-refractivity contribution < 1.29 is 14.3 Å². The molecule has 0 saturated heterocycles. The number of ether oxygens (including phenoxy) is 2. The average Bonchev–Trinajstić information content (AvgIpc) is 2.42. The molecule has 2 rings (SSSR count). The molecule has 0 radical (unpaired) electrons. The van der Waals surface area contributed by atoms with Gasteiger partial charge in [-0.2, -0.15) is 0 Å². The highest BCUT2D eigenvalue weighted by atomic mass is 35.5. The van der Waals surface area contributed by atoms with Gasteiger partial charge >= 0.3 is 5.97 Å². The van der Waals surface area contributed by atoms with E-state index in [0.29, 0.717) is 16.5 Å². The molecule has 0 aliphatic carbocycles. The summed E-state index contributed by atoms with van der Waals surface area (Å²) in [4.78, 5) is 11.8. The molecular formula is C14H11Cl2NO3. The van der Waals surface area contributed by atoms with E-state index in [-0.39, 0.29) is 16.3 Å². The predicted octanol–water partition coefficient (Wildman–Crippen LogP) is 4.15. The maximum Gasteiger partial charge on any atom is 0.341 e. The van der Waals surface area contributed by atoms with Crippen LogP contribution in [-0.4, -0.2) is 13.1 Å². The fraction of sp³-hybridized carbons (Fsp3) is 0.0714. The number of esters is 1. The van der Waals surface area contributed by atoms with Gasteiger partial charge in [-0.3, -0.25) is 0 Å². The molecule has 2 aromatic rings. The molecule has 0 fully saturated rings. The van der Waals surface area contributed by atoms with Gasteiger partial charge in [0.2, 0.25) is 0 Å². The van der Waals surface area contributed by atoms with Gasteiger partial charge in [0.25, 0.3) is 0 Å². The summed E-state index contributed by atoms with van der Waals surface area (Å²) >= 11 is 12.1. The van der Waals surface area contributed by atoms with Crippen LogP contribution in [0.4, 0.5) is 5.69 Å². The summed E-state index contributed by atoms with van der Waals surface area (Å²) in [6.45, 7) is 0. The molecule has 0 aliphatic heterocycles. The second kappa shape index (κ2) is 6.03. The monoisotopic (exact) mass is 311 g/mol. The molecule has 2 aromatic carbocycles. The lowest BCUT2D eigenvalue weighted by Crippen LogP contribution is -2.05. The van der Waals surface area contributed by atoms with Crippen LogP contribution < -0.4 is 10.5 Å². The third kappa shape index (κ3) is 2.98. The first-order valence-electron chi connectivity index (χ1n) is 5.62. The summed E-state index contributed by atoms with van der Waals surface area (Å²) in [5.74, 6) is -0.0620. The molecule has 0 atom stereocenters. The summed E-state index contributed by atoms with van der Waals surface area (Å²) < 4.78 is 10.3. The summed E-state index contributed by atoms with van der Waals surface area (Å²) in [7, 11) is 1.26. The van der Waals surface area contributed by atoms with Gasteiger partial charge in [0.15, 0.2) is 5.75 Å². The van der Waals surface area contributed by atoms with E-state index in [4.69, 9.17) is 33.7 Å². The lowest BCUT2D eigenvalue weighted by atomic mass is 10.1. The number of carbonyl (C=O) groups excluding carboxylic acids is 1. The van der Waals surface area contributed by atoms with Crippen molar-refractivity contribution in [2.75, 3.05) is 12.8 Å². The van der Waals surface area contributed by atoms with E-state index in [0.717, 1.165) is 0 Å². The highest BCUT2D eigenvalue weighted by Gasteiger charge is 2.19. The summed E-state index contributed by atoms with van der Waals surface area (Å²) in [6.07, 6.45) is 0. The van der Waals surface area contributed by atoms with Crippen molar-refractivity contribution in [1.82, 2.24) is 0 Å². The molecule has 6 heteroatoms. The van der Waals surface area contributed by atoms with Crippen LogP contribution in [0.1, 0.15) is 10.4 Å². The topological polar surface area (TPSA) is 61.5 Å². The van der Waals surface area contributed by atoms with E-state index >= 15 is 0 Å². The summed E-state index contributed by atoms with van der Waals surface area (Å²) in [6, 6.07) is 9.77. The van der Waals surface area contributed by atoms with Crippen molar-refractivity contribution in [1.29, 1.82) is 0 Å². The number of rotatable bonds is 3. The number of carbonyl (C=O) groups is 1. The molecular weight excluding hydrogens is 301 g/mol. The zero-order valence-corrected chi connectivity index (χ0v) is 12.0. The fourth-order valence-corrected chi connectivity index (χ4v) is 2.06. The van der Waals surface area contributed by atoms with Crippen LogP contribution in [0.25, 0.3) is 0 Å². The van der Waals surface area contributed by atoms with Gasteiger partial charge in [-0.25, -0.2) is 4.79 Å². The first kappa shape index (κ1) is 14.5. The van der Waals surface area contributed by atoms with E-state index in [1.54, 1.807) is 24.3 Å². The molecule has 4 nitrogen and oxygen atoms in total. The number of hydrogen-bond donors (Lipinski definition) is 1. The maximum absolute atomic E-state index is 11.8. The standard InChI is InChI=1S/C14H11Cl2NO3/c1-19-14(18)9-6-8(17)7-11(16)13(9)20-12-5-3-2-4-10(12)15/h2-7H,17H2,1H3. The molecule has 0 aliphatic rings. The van der Waals surface area contributed by atoms with Gasteiger partial charge in [0, 0.05) is 5.69 Å². The number of methoxy groups -OCH3 is 1. The van der Waals surface area contributed by atoms with E-state index in [1.807, 2.05) is 0 Å². The van der Waals surface area contributed by atoms with Gasteiger partial charge in [-0.05, 0) is 24.3 Å². The SMILES string of the molecule is COC(=O)c1cc(N)cc(Cl)c1Oc1ccccc1Cl. The van der Waals surface area contributed by atoms with Gasteiger partial charge in [-0.1, -0.05) is 35.3 Å². The minimum atomic E-state index is -0.596. The number of para-hydroxylation sites is 1. The Kier molecular flexibility index (Phi) is 4.37. The van der Waals surface area contributed by atoms with Crippen LogP contribution in [0.2, 0.25) is 10.0 Å². The largest absolute Gasteiger partial charge is 0.465 e. The van der Waals surface area contributed by atoms with E-state index in [1.165, 1.54) is 19.2 Å².